The Morgan fingerprint density at radius 2 is 1.91 bits per heavy atom. The number of piperidine rings is 1. The minimum Gasteiger partial charge on any atom is -0.371 e. The van der Waals surface area contributed by atoms with Crippen LogP contribution in [0.3, 0.4) is 0 Å². The van der Waals surface area contributed by atoms with Crippen molar-refractivity contribution in [3.8, 4) is 0 Å². The van der Waals surface area contributed by atoms with Crippen LogP contribution < -0.4 is 10.2 Å². The Labute approximate surface area is 140 Å². The van der Waals surface area contributed by atoms with Crippen LogP contribution in [-0.4, -0.2) is 49.3 Å². The summed E-state index contributed by atoms with van der Waals surface area (Å²) < 4.78 is 0. The molecule has 2 aliphatic heterocycles. The van der Waals surface area contributed by atoms with Gasteiger partial charge in [0.2, 0.25) is 0 Å². The Balaban J connectivity index is 1.81. The predicted molar refractivity (Wildman–Crippen MR) is 94.5 cm³/mol. The van der Waals surface area contributed by atoms with Crippen molar-refractivity contribution >= 4 is 34.7 Å². The van der Waals surface area contributed by atoms with E-state index < -0.39 is 0 Å². The third-order valence-electron chi connectivity index (χ3n) is 4.40. The first-order valence-corrected chi connectivity index (χ1v) is 8.61. The molecule has 1 aromatic carbocycles. The van der Waals surface area contributed by atoms with E-state index >= 15 is 0 Å². The highest BCUT2D eigenvalue weighted by atomic mass is 32.2. The number of para-hydroxylation sites is 1. The summed E-state index contributed by atoms with van der Waals surface area (Å²) in [6, 6.07) is 8.69. The Hall–Kier alpha value is -1.79. The van der Waals surface area contributed by atoms with Gasteiger partial charge in [-0.15, -0.1) is 0 Å². The SMILES string of the molecule is CN(C)C1CCN(c2ccccc2/C=C2\SC(=O)NC2=O)CC1. The molecule has 0 saturated carbocycles. The van der Waals surface area contributed by atoms with Crippen LogP contribution in [0.15, 0.2) is 29.2 Å². The summed E-state index contributed by atoms with van der Waals surface area (Å²) in [6.07, 6.45) is 4.08. The predicted octanol–water partition coefficient (Wildman–Crippen LogP) is 2.54. The molecule has 0 aliphatic carbocycles. The smallest absolute Gasteiger partial charge is 0.290 e. The first kappa shape index (κ1) is 16.1. The van der Waals surface area contributed by atoms with Crippen LogP contribution in [0.1, 0.15) is 18.4 Å². The fourth-order valence-electron chi connectivity index (χ4n) is 3.08. The van der Waals surface area contributed by atoms with Crippen LogP contribution in [0.25, 0.3) is 6.08 Å². The summed E-state index contributed by atoms with van der Waals surface area (Å²) in [4.78, 5) is 28.2. The molecule has 5 nitrogen and oxygen atoms in total. The van der Waals surface area contributed by atoms with Gasteiger partial charge in [-0.05, 0) is 56.4 Å². The van der Waals surface area contributed by atoms with Crippen molar-refractivity contribution in [3.63, 3.8) is 0 Å². The molecule has 1 aromatic rings. The lowest BCUT2D eigenvalue weighted by atomic mass is 10.0. The van der Waals surface area contributed by atoms with E-state index in [0.717, 1.165) is 48.9 Å². The lowest BCUT2D eigenvalue weighted by Crippen LogP contribution is -2.42. The second-order valence-corrected chi connectivity index (χ2v) is 7.11. The second-order valence-electron chi connectivity index (χ2n) is 6.09. The maximum Gasteiger partial charge on any atom is 0.290 e. The van der Waals surface area contributed by atoms with Crippen molar-refractivity contribution < 1.29 is 9.59 Å². The lowest BCUT2D eigenvalue weighted by molar-refractivity contribution is -0.115. The Morgan fingerprint density at radius 3 is 2.52 bits per heavy atom. The van der Waals surface area contributed by atoms with Gasteiger partial charge in [0, 0.05) is 24.8 Å². The second kappa shape index (κ2) is 6.76. The van der Waals surface area contributed by atoms with Crippen molar-refractivity contribution in [3.05, 3.63) is 34.7 Å². The lowest BCUT2D eigenvalue weighted by Gasteiger charge is -2.37. The highest BCUT2D eigenvalue weighted by Gasteiger charge is 2.26. The molecule has 0 atom stereocenters. The number of hydrogen-bond donors (Lipinski definition) is 1. The zero-order valence-corrected chi connectivity index (χ0v) is 14.2. The molecule has 0 aromatic heterocycles. The maximum absolute atomic E-state index is 11.8. The molecule has 2 saturated heterocycles. The molecule has 3 rings (SSSR count). The first-order chi connectivity index (χ1) is 11.0. The molecule has 2 aliphatic rings. The van der Waals surface area contributed by atoms with E-state index in [2.05, 4.69) is 35.3 Å². The third kappa shape index (κ3) is 3.59. The number of nitrogens with zero attached hydrogens (tertiary/aromatic N) is 2. The summed E-state index contributed by atoms with van der Waals surface area (Å²) in [5.41, 5.74) is 2.12. The highest BCUT2D eigenvalue weighted by Crippen LogP contribution is 2.31. The fraction of sp³-hybridized carbons (Fsp3) is 0.412. The number of thioether (sulfide) groups is 1. The number of amides is 2. The minimum absolute atomic E-state index is 0.300. The number of benzene rings is 1. The van der Waals surface area contributed by atoms with Gasteiger partial charge in [-0.3, -0.25) is 14.9 Å². The number of carbonyl (C=O) groups is 2. The van der Waals surface area contributed by atoms with Crippen LogP contribution in [-0.2, 0) is 4.79 Å². The summed E-state index contributed by atoms with van der Waals surface area (Å²) >= 11 is 0.965. The van der Waals surface area contributed by atoms with Crippen LogP contribution in [0.5, 0.6) is 0 Å². The number of nitrogens with one attached hydrogen (secondary N) is 1. The van der Waals surface area contributed by atoms with E-state index in [1.807, 2.05) is 24.3 Å². The normalized spacial score (nSPS) is 21.3. The van der Waals surface area contributed by atoms with Gasteiger partial charge in [0.1, 0.15) is 0 Å². The highest BCUT2D eigenvalue weighted by molar-refractivity contribution is 8.18. The summed E-state index contributed by atoms with van der Waals surface area (Å²) in [5.74, 6) is -0.305. The Kier molecular flexibility index (Phi) is 4.73. The molecule has 0 unspecified atom stereocenters. The number of anilines is 1. The summed E-state index contributed by atoms with van der Waals surface area (Å²) in [7, 11) is 4.26. The maximum atomic E-state index is 11.8. The van der Waals surface area contributed by atoms with Gasteiger partial charge in [0.05, 0.1) is 4.91 Å². The summed E-state index contributed by atoms with van der Waals surface area (Å²) in [6.45, 7) is 2.00. The summed E-state index contributed by atoms with van der Waals surface area (Å²) in [5, 5.41) is 2.00. The number of carbonyl (C=O) groups excluding carboxylic acids is 2. The van der Waals surface area contributed by atoms with Crippen LogP contribution in [0, 0.1) is 0 Å². The van der Waals surface area contributed by atoms with Crippen molar-refractivity contribution in [2.24, 2.45) is 0 Å². The minimum atomic E-state index is -0.305. The zero-order valence-electron chi connectivity index (χ0n) is 13.4. The van der Waals surface area contributed by atoms with Crippen LogP contribution in [0.4, 0.5) is 10.5 Å². The monoisotopic (exact) mass is 331 g/mol. The molecule has 2 amide bonds. The topological polar surface area (TPSA) is 52.6 Å². The molecule has 1 N–H and O–H groups in total. The van der Waals surface area contributed by atoms with E-state index in [1.165, 1.54) is 0 Å². The number of imide groups is 1. The number of rotatable bonds is 3. The largest absolute Gasteiger partial charge is 0.371 e. The Bertz CT molecular complexity index is 649. The van der Waals surface area contributed by atoms with Gasteiger partial charge in [-0.1, -0.05) is 18.2 Å². The van der Waals surface area contributed by atoms with E-state index in [4.69, 9.17) is 0 Å². The quantitative estimate of drug-likeness (QED) is 0.863. The molecule has 122 valence electrons. The molecule has 6 heteroatoms. The van der Waals surface area contributed by atoms with Gasteiger partial charge in [0.25, 0.3) is 11.1 Å². The zero-order chi connectivity index (χ0) is 16.4. The van der Waals surface area contributed by atoms with Gasteiger partial charge < -0.3 is 9.80 Å². The average molecular weight is 331 g/mol. The van der Waals surface area contributed by atoms with E-state index in [9.17, 15) is 9.59 Å². The third-order valence-corrected chi connectivity index (χ3v) is 5.21. The Morgan fingerprint density at radius 1 is 1.22 bits per heavy atom. The van der Waals surface area contributed by atoms with Crippen LogP contribution in [0.2, 0.25) is 0 Å². The fourth-order valence-corrected chi connectivity index (χ4v) is 3.76. The number of hydrogen-bond acceptors (Lipinski definition) is 5. The molecule has 0 spiro atoms. The standard InChI is InChI=1S/C17H21N3O2S/c1-19(2)13-7-9-20(10-8-13)14-6-4-3-5-12(14)11-15-16(21)18-17(22)23-15/h3-6,11,13H,7-10H2,1-2H3,(H,18,21,22)/b15-11-. The molecule has 2 fully saturated rings. The molecule has 2 heterocycles. The first-order valence-electron chi connectivity index (χ1n) is 7.80. The van der Waals surface area contributed by atoms with E-state index in [0.29, 0.717) is 10.9 Å². The van der Waals surface area contributed by atoms with Gasteiger partial charge >= 0.3 is 0 Å². The van der Waals surface area contributed by atoms with E-state index in [1.54, 1.807) is 0 Å². The molecule has 0 bridgehead atoms. The van der Waals surface area contributed by atoms with E-state index in [-0.39, 0.29) is 11.1 Å². The van der Waals surface area contributed by atoms with Gasteiger partial charge in [0.15, 0.2) is 0 Å². The molecular weight excluding hydrogens is 310 g/mol. The van der Waals surface area contributed by atoms with Gasteiger partial charge in [-0.2, -0.15) is 0 Å². The van der Waals surface area contributed by atoms with Crippen molar-refractivity contribution in [1.29, 1.82) is 0 Å². The van der Waals surface area contributed by atoms with Crippen molar-refractivity contribution in [2.75, 3.05) is 32.1 Å². The molecule has 23 heavy (non-hydrogen) atoms. The molecule has 0 radical (unpaired) electrons. The van der Waals surface area contributed by atoms with Crippen molar-refractivity contribution in [1.82, 2.24) is 10.2 Å². The van der Waals surface area contributed by atoms with Crippen molar-refractivity contribution in [2.45, 2.75) is 18.9 Å². The average Bonchev–Trinajstić information content (AvgIpc) is 2.85. The molecular formula is C17H21N3O2S. The van der Waals surface area contributed by atoms with Gasteiger partial charge in [-0.25, -0.2) is 0 Å². The van der Waals surface area contributed by atoms with Crippen LogP contribution >= 0.6 is 11.8 Å².